The van der Waals surface area contributed by atoms with Gasteiger partial charge in [0.25, 0.3) is 9.68 Å². The van der Waals surface area contributed by atoms with Gasteiger partial charge in [0.15, 0.2) is 11.5 Å². The Morgan fingerprint density at radius 1 is 1.06 bits per heavy atom. The third kappa shape index (κ3) is 2.46. The number of rotatable bonds is 2. The molecule has 1 aromatic carbocycles. The first-order valence-corrected chi connectivity index (χ1v) is 6.06. The summed E-state index contributed by atoms with van der Waals surface area (Å²) in [5.74, 6) is 1.99. The minimum atomic E-state index is -1.70. The summed E-state index contributed by atoms with van der Waals surface area (Å²) in [6, 6.07) is 5.70. The van der Waals surface area contributed by atoms with Crippen molar-refractivity contribution in [1.82, 2.24) is 10.2 Å². The van der Waals surface area contributed by atoms with Crippen molar-refractivity contribution >= 4 is 47.0 Å². The van der Waals surface area contributed by atoms with Gasteiger partial charge in [-0.3, -0.25) is 0 Å². The van der Waals surface area contributed by atoms with Gasteiger partial charge in [0.05, 0.1) is 0 Å². The number of halogens is 3. The maximum absolute atomic E-state index is 5.61. The molecule has 3 rings (SSSR count). The van der Waals surface area contributed by atoms with E-state index in [0.29, 0.717) is 0 Å². The molecule has 7 heteroatoms. The van der Waals surface area contributed by atoms with Gasteiger partial charge in [-0.1, -0.05) is 40.9 Å². The van der Waals surface area contributed by atoms with Crippen LogP contribution in [0.25, 0.3) is 12.2 Å². The molecule has 0 saturated heterocycles. The second-order valence-corrected chi connectivity index (χ2v) is 5.87. The van der Waals surface area contributed by atoms with Gasteiger partial charge >= 0.3 is 0 Å². The number of benzene rings is 1. The Morgan fingerprint density at radius 3 is 2.56 bits per heavy atom. The minimum absolute atomic E-state index is 0.0594. The summed E-state index contributed by atoms with van der Waals surface area (Å²) in [5.41, 5.74) is 0.958. The lowest BCUT2D eigenvalue weighted by atomic mass is 10.2. The van der Waals surface area contributed by atoms with E-state index >= 15 is 0 Å². The van der Waals surface area contributed by atoms with Crippen LogP contribution in [0.3, 0.4) is 0 Å². The summed E-state index contributed by atoms with van der Waals surface area (Å²) in [4.78, 5) is 0. The van der Waals surface area contributed by atoms with Crippen LogP contribution in [0, 0.1) is 0 Å². The Balaban J connectivity index is 1.78. The molecular formula is C11H5Cl3N2O2. The van der Waals surface area contributed by atoms with Gasteiger partial charge < -0.3 is 9.15 Å². The highest BCUT2D eigenvalue weighted by Crippen LogP contribution is 2.45. The molecular weight excluding hydrogens is 298 g/mol. The van der Waals surface area contributed by atoms with Crippen molar-refractivity contribution in [1.29, 1.82) is 0 Å². The first kappa shape index (κ1) is 11.8. The molecule has 0 unspecified atom stereocenters. The Morgan fingerprint density at radius 2 is 1.89 bits per heavy atom. The molecule has 0 aliphatic carbocycles. The molecule has 2 heterocycles. The van der Waals surface area contributed by atoms with Crippen molar-refractivity contribution < 1.29 is 9.15 Å². The first-order chi connectivity index (χ1) is 8.52. The van der Waals surface area contributed by atoms with Gasteiger partial charge in [-0.25, -0.2) is 0 Å². The quantitative estimate of drug-likeness (QED) is 0.526. The summed E-state index contributed by atoms with van der Waals surface area (Å²) in [5, 5.41) is 7.38. The maximum Gasteiger partial charge on any atom is 0.268 e. The summed E-state index contributed by atoms with van der Waals surface area (Å²) < 4.78 is 8.61. The van der Waals surface area contributed by atoms with Crippen molar-refractivity contribution in [3.8, 4) is 11.5 Å². The van der Waals surface area contributed by atoms with Gasteiger partial charge in [-0.05, 0) is 23.8 Å². The van der Waals surface area contributed by atoms with Crippen molar-refractivity contribution in [2.45, 2.75) is 3.79 Å². The van der Waals surface area contributed by atoms with Crippen molar-refractivity contribution in [3.63, 3.8) is 0 Å². The van der Waals surface area contributed by atoms with Crippen LogP contribution in [0.15, 0.2) is 22.6 Å². The van der Waals surface area contributed by atoms with Crippen LogP contribution in [0.5, 0.6) is 11.5 Å². The normalized spacial score (nSPS) is 13.5. The Kier molecular flexibility index (Phi) is 2.73. The number of hydrogen-bond donors (Lipinski definition) is 0. The fourth-order valence-corrected chi connectivity index (χ4v) is 1.60. The highest BCUT2D eigenvalue weighted by molar-refractivity contribution is 6.66. The van der Waals surface area contributed by atoms with Crippen molar-refractivity contribution in [2.75, 3.05) is 0 Å². The number of aromatic nitrogens is 2. The van der Waals surface area contributed by atoms with Crippen LogP contribution >= 0.6 is 34.8 Å². The first-order valence-electron chi connectivity index (χ1n) is 4.93. The number of nitrogens with zero attached hydrogens (tertiary/aromatic N) is 2. The Labute approximate surface area is 117 Å². The summed E-state index contributed by atoms with van der Waals surface area (Å²) in [6.07, 6.45) is 3.44. The predicted octanol–water partition coefficient (Wildman–Crippen LogP) is 4.17. The predicted molar refractivity (Wildman–Crippen MR) is 69.0 cm³/mol. The van der Waals surface area contributed by atoms with E-state index in [9.17, 15) is 0 Å². The molecule has 0 bridgehead atoms. The zero-order valence-corrected chi connectivity index (χ0v) is 11.0. The highest BCUT2D eigenvalue weighted by atomic mass is 35.6. The second kappa shape index (κ2) is 4.16. The molecule has 0 N–H and O–H groups in total. The largest absolute Gasteiger partial charge is 0.449 e. The van der Waals surface area contributed by atoms with Crippen LogP contribution < -0.4 is 4.74 Å². The number of alkyl halides is 3. The Bertz CT molecular complexity index is 631. The molecule has 18 heavy (non-hydrogen) atoms. The Hall–Kier alpha value is -1.23. The van der Waals surface area contributed by atoms with Crippen LogP contribution in [0.4, 0.5) is 0 Å². The monoisotopic (exact) mass is 302 g/mol. The highest BCUT2D eigenvalue weighted by Gasteiger charge is 2.29. The van der Waals surface area contributed by atoms with E-state index in [1.165, 1.54) is 0 Å². The van der Waals surface area contributed by atoms with Crippen LogP contribution in [0.1, 0.15) is 17.3 Å². The van der Waals surface area contributed by atoms with E-state index < -0.39 is 3.79 Å². The number of fused-ring (bicyclic) bond motifs is 1. The summed E-state index contributed by atoms with van der Waals surface area (Å²) in [6.45, 7) is 0. The van der Waals surface area contributed by atoms with Crippen molar-refractivity contribution in [3.05, 3.63) is 35.5 Å². The van der Waals surface area contributed by atoms with Crippen LogP contribution in [-0.2, 0) is 3.79 Å². The molecule has 2 aromatic rings. The standard InChI is InChI=1S/C11H5Cl3N2O2/c12-11(13,14)10-16-15-9(18-10)4-2-6-1-3-7-8(5-6)17-7/h1-5H. The number of hydrogen-bond acceptors (Lipinski definition) is 4. The third-order valence-electron chi connectivity index (χ3n) is 2.25. The minimum Gasteiger partial charge on any atom is -0.449 e. The van der Waals surface area contributed by atoms with E-state index in [2.05, 4.69) is 10.2 Å². The van der Waals surface area contributed by atoms with Crippen LogP contribution in [-0.4, -0.2) is 10.2 Å². The van der Waals surface area contributed by atoms with Gasteiger partial charge in [0.1, 0.15) is 0 Å². The molecule has 0 saturated carbocycles. The third-order valence-corrected chi connectivity index (χ3v) is 2.73. The lowest BCUT2D eigenvalue weighted by Gasteiger charge is -2.01. The smallest absolute Gasteiger partial charge is 0.268 e. The van der Waals surface area contributed by atoms with Gasteiger partial charge in [-0.2, -0.15) is 0 Å². The van der Waals surface area contributed by atoms with E-state index in [-0.39, 0.29) is 11.8 Å². The van der Waals surface area contributed by atoms with E-state index in [1.54, 1.807) is 12.2 Å². The molecule has 1 aliphatic heterocycles. The molecule has 0 atom stereocenters. The molecule has 0 fully saturated rings. The second-order valence-electron chi connectivity index (χ2n) is 3.58. The lowest BCUT2D eigenvalue weighted by Crippen LogP contribution is -1.99. The van der Waals surface area contributed by atoms with Gasteiger partial charge in [-0.15, -0.1) is 10.2 Å². The summed E-state index contributed by atoms with van der Waals surface area (Å²) in [7, 11) is 0. The topological polar surface area (TPSA) is 51.5 Å². The van der Waals surface area contributed by atoms with Gasteiger partial charge in [0, 0.05) is 6.08 Å². The van der Waals surface area contributed by atoms with E-state index in [1.807, 2.05) is 18.2 Å². The summed E-state index contributed by atoms with van der Waals surface area (Å²) >= 11 is 16.8. The molecule has 0 amide bonds. The molecule has 0 radical (unpaired) electrons. The molecule has 1 aliphatic rings. The number of ether oxygens (including phenoxy) is 1. The van der Waals surface area contributed by atoms with E-state index in [0.717, 1.165) is 17.1 Å². The fraction of sp³-hybridized carbons (Fsp3) is 0.0909. The SMILES string of the molecule is ClC(Cl)(Cl)c1nnc(C=Cc2ccc3c(c2)O3)o1. The van der Waals surface area contributed by atoms with Crippen LogP contribution in [0.2, 0.25) is 0 Å². The average Bonchev–Trinajstić information content (AvgIpc) is 2.90. The fourth-order valence-electron chi connectivity index (χ4n) is 1.37. The average molecular weight is 304 g/mol. The molecule has 92 valence electrons. The zero-order chi connectivity index (χ0) is 12.8. The van der Waals surface area contributed by atoms with Crippen molar-refractivity contribution in [2.24, 2.45) is 0 Å². The molecule has 4 nitrogen and oxygen atoms in total. The molecule has 1 aromatic heterocycles. The van der Waals surface area contributed by atoms with E-state index in [4.69, 9.17) is 44.0 Å². The zero-order valence-electron chi connectivity index (χ0n) is 8.73. The lowest BCUT2D eigenvalue weighted by molar-refractivity contribution is 0.493. The van der Waals surface area contributed by atoms with Gasteiger partial charge in [0.2, 0.25) is 5.89 Å². The maximum atomic E-state index is 5.61. The molecule has 0 spiro atoms.